The first kappa shape index (κ1) is 12.5. The van der Waals surface area contributed by atoms with Gasteiger partial charge in [-0.1, -0.05) is 0 Å². The summed E-state index contributed by atoms with van der Waals surface area (Å²) in [6, 6.07) is 0. The first-order valence-corrected chi connectivity index (χ1v) is 3.40. The molecule has 0 heterocycles. The highest BCUT2D eigenvalue weighted by atomic mass is 19.4. The van der Waals surface area contributed by atoms with Crippen molar-refractivity contribution in [3.63, 3.8) is 0 Å². The van der Waals surface area contributed by atoms with Crippen molar-refractivity contribution < 1.29 is 31.4 Å². The fraction of sp³-hybridized carbons (Fsp3) is 1.00. The van der Waals surface area contributed by atoms with Crippen molar-refractivity contribution in [1.29, 1.82) is 0 Å². The van der Waals surface area contributed by atoms with Crippen LogP contribution in [0.2, 0.25) is 0 Å². The second-order valence-electron chi connectivity index (χ2n) is 2.49. The highest BCUT2D eigenvalue weighted by molar-refractivity contribution is 4.89. The van der Waals surface area contributed by atoms with E-state index < -0.39 is 37.7 Å². The lowest BCUT2D eigenvalue weighted by Gasteiger charge is -2.26. The Morgan fingerprint density at radius 2 is 1.54 bits per heavy atom. The number of alkyl halides is 6. The fourth-order valence-corrected chi connectivity index (χ4v) is 0.711. The molecule has 7 heteroatoms. The molecule has 0 aliphatic heterocycles. The van der Waals surface area contributed by atoms with E-state index in [0.29, 0.717) is 0 Å². The molecule has 1 atom stereocenters. The molecule has 0 rings (SSSR count). The van der Waals surface area contributed by atoms with Crippen molar-refractivity contribution in [2.24, 2.45) is 0 Å². The predicted molar refractivity (Wildman–Crippen MR) is 32.2 cm³/mol. The van der Waals surface area contributed by atoms with Gasteiger partial charge < -0.3 is 5.11 Å². The van der Waals surface area contributed by atoms with Gasteiger partial charge >= 0.3 is 6.18 Å². The van der Waals surface area contributed by atoms with Crippen LogP contribution in [0.3, 0.4) is 0 Å². The number of hydrogen-bond acceptors (Lipinski definition) is 1. The van der Waals surface area contributed by atoms with E-state index in [1.165, 1.54) is 0 Å². The number of halogens is 6. The summed E-state index contributed by atoms with van der Waals surface area (Å²) in [6.45, 7) is -0.755. The average molecular weight is 210 g/mol. The zero-order valence-corrected chi connectivity index (χ0v) is 6.41. The lowest BCUT2D eigenvalue weighted by molar-refractivity contribution is -0.270. The minimum absolute atomic E-state index is 0.652. The Morgan fingerprint density at radius 1 is 1.08 bits per heavy atom. The molecule has 0 radical (unpaired) electrons. The van der Waals surface area contributed by atoms with Crippen molar-refractivity contribution in [3.8, 4) is 0 Å². The molecule has 0 aliphatic carbocycles. The monoisotopic (exact) mass is 210 g/mol. The van der Waals surface area contributed by atoms with Crippen LogP contribution in [0.25, 0.3) is 0 Å². The molecular formula is C6H8F6O. The van der Waals surface area contributed by atoms with E-state index in [-0.39, 0.29) is 0 Å². The molecule has 0 saturated heterocycles. The molecule has 0 aromatic carbocycles. The number of aliphatic hydroxyl groups excluding tert-OH is 1. The van der Waals surface area contributed by atoms with Gasteiger partial charge in [0.05, 0.1) is 0 Å². The molecule has 0 aromatic heterocycles. The molecule has 1 nitrogen and oxygen atoms in total. The van der Waals surface area contributed by atoms with Gasteiger partial charge in [-0.25, -0.2) is 13.2 Å². The SMILES string of the molecule is OCCCC(F)(C(F)F)C(F)(F)F. The van der Waals surface area contributed by atoms with Gasteiger partial charge in [0, 0.05) is 6.61 Å². The molecule has 80 valence electrons. The molecule has 0 spiro atoms. The van der Waals surface area contributed by atoms with Crippen LogP contribution in [0.1, 0.15) is 12.8 Å². The highest BCUT2D eigenvalue weighted by Gasteiger charge is 2.61. The summed E-state index contributed by atoms with van der Waals surface area (Å²) in [5, 5.41) is 8.10. The molecule has 0 amide bonds. The maximum Gasteiger partial charge on any atom is 0.428 e. The first-order chi connectivity index (χ1) is 5.75. The molecule has 0 bridgehead atoms. The summed E-state index contributed by atoms with van der Waals surface area (Å²) >= 11 is 0. The van der Waals surface area contributed by atoms with E-state index in [1.807, 2.05) is 0 Å². The number of aliphatic hydroxyl groups is 1. The van der Waals surface area contributed by atoms with E-state index in [4.69, 9.17) is 5.11 Å². The van der Waals surface area contributed by atoms with Gasteiger partial charge in [0.25, 0.3) is 12.1 Å². The molecular weight excluding hydrogens is 202 g/mol. The second kappa shape index (κ2) is 4.17. The second-order valence-corrected chi connectivity index (χ2v) is 2.49. The number of rotatable bonds is 4. The zero-order valence-electron chi connectivity index (χ0n) is 6.41. The third-order valence-electron chi connectivity index (χ3n) is 1.52. The van der Waals surface area contributed by atoms with Crippen molar-refractivity contribution >= 4 is 0 Å². The van der Waals surface area contributed by atoms with E-state index in [2.05, 4.69) is 0 Å². The van der Waals surface area contributed by atoms with Crippen LogP contribution < -0.4 is 0 Å². The van der Waals surface area contributed by atoms with Crippen LogP contribution in [0, 0.1) is 0 Å². The van der Waals surface area contributed by atoms with Gasteiger partial charge in [0.1, 0.15) is 0 Å². The van der Waals surface area contributed by atoms with Gasteiger partial charge in [-0.2, -0.15) is 13.2 Å². The summed E-state index contributed by atoms with van der Waals surface area (Å²) in [7, 11) is 0. The molecule has 1 N–H and O–H groups in total. The van der Waals surface area contributed by atoms with Crippen LogP contribution in [-0.2, 0) is 0 Å². The van der Waals surface area contributed by atoms with Gasteiger partial charge in [0.15, 0.2) is 0 Å². The first-order valence-electron chi connectivity index (χ1n) is 3.40. The maximum atomic E-state index is 12.6. The maximum absolute atomic E-state index is 12.6. The fourth-order valence-electron chi connectivity index (χ4n) is 0.711. The van der Waals surface area contributed by atoms with Crippen LogP contribution >= 0.6 is 0 Å². The van der Waals surface area contributed by atoms with Gasteiger partial charge in [-0.05, 0) is 12.8 Å². The summed E-state index contributed by atoms with van der Waals surface area (Å²) in [4.78, 5) is 0. The molecule has 0 aliphatic rings. The summed E-state index contributed by atoms with van der Waals surface area (Å²) in [6.07, 6.45) is -11.8. The molecule has 0 fully saturated rings. The lowest BCUT2D eigenvalue weighted by atomic mass is 10.00. The Morgan fingerprint density at radius 3 is 1.77 bits per heavy atom. The van der Waals surface area contributed by atoms with Crippen LogP contribution in [0.5, 0.6) is 0 Å². The van der Waals surface area contributed by atoms with Crippen LogP contribution in [0.15, 0.2) is 0 Å². The summed E-state index contributed by atoms with van der Waals surface area (Å²) in [5.74, 6) is 0. The van der Waals surface area contributed by atoms with Crippen molar-refractivity contribution in [2.45, 2.75) is 31.1 Å². The van der Waals surface area contributed by atoms with Gasteiger partial charge in [-0.3, -0.25) is 0 Å². The topological polar surface area (TPSA) is 20.2 Å². The Labute approximate surface area is 70.4 Å². The highest BCUT2D eigenvalue weighted by Crippen LogP contribution is 2.42. The van der Waals surface area contributed by atoms with E-state index in [0.717, 1.165) is 0 Å². The largest absolute Gasteiger partial charge is 0.428 e. The lowest BCUT2D eigenvalue weighted by Crippen LogP contribution is -2.47. The minimum atomic E-state index is -5.60. The van der Waals surface area contributed by atoms with Crippen molar-refractivity contribution in [3.05, 3.63) is 0 Å². The van der Waals surface area contributed by atoms with Crippen molar-refractivity contribution in [1.82, 2.24) is 0 Å². The van der Waals surface area contributed by atoms with E-state index >= 15 is 0 Å². The third kappa shape index (κ3) is 2.75. The Balaban J connectivity index is 4.54. The summed E-state index contributed by atoms with van der Waals surface area (Å²) in [5.41, 5.74) is -4.50. The van der Waals surface area contributed by atoms with Crippen molar-refractivity contribution in [2.75, 3.05) is 6.61 Å². The smallest absolute Gasteiger partial charge is 0.396 e. The Hall–Kier alpha value is -0.460. The predicted octanol–water partition coefficient (Wildman–Crippen LogP) is 2.29. The van der Waals surface area contributed by atoms with Crippen LogP contribution in [0.4, 0.5) is 26.3 Å². The quantitative estimate of drug-likeness (QED) is 0.706. The van der Waals surface area contributed by atoms with Gasteiger partial charge in [-0.15, -0.1) is 0 Å². The van der Waals surface area contributed by atoms with E-state index in [1.54, 1.807) is 0 Å². The van der Waals surface area contributed by atoms with Crippen LogP contribution in [-0.4, -0.2) is 30.0 Å². The zero-order chi connectivity index (χ0) is 10.7. The number of hydrogen-bond donors (Lipinski definition) is 1. The standard InChI is InChI=1S/C6H8F6O/c7-4(8)5(9,2-1-3-13)6(10,11)12/h4,13H,1-3H2. The molecule has 1 unspecified atom stereocenters. The third-order valence-corrected chi connectivity index (χ3v) is 1.52. The van der Waals surface area contributed by atoms with Gasteiger partial charge in [0.2, 0.25) is 0 Å². The molecule has 0 aromatic rings. The van der Waals surface area contributed by atoms with E-state index in [9.17, 15) is 26.3 Å². The normalized spacial score (nSPS) is 17.5. The average Bonchev–Trinajstić information content (AvgIpc) is 1.97. The minimum Gasteiger partial charge on any atom is -0.396 e. The molecule has 13 heavy (non-hydrogen) atoms. The molecule has 0 saturated carbocycles. The Kier molecular flexibility index (Phi) is 4.02. The Bertz CT molecular complexity index is 156. The summed E-state index contributed by atoms with van der Waals surface area (Å²) < 4.78 is 71.3.